The van der Waals surface area contributed by atoms with Crippen molar-refractivity contribution in [2.45, 2.75) is 38.0 Å². The number of aromatic nitrogens is 2. The highest BCUT2D eigenvalue weighted by molar-refractivity contribution is 5.76. The van der Waals surface area contributed by atoms with Crippen LogP contribution in [0.25, 0.3) is 0 Å². The molecule has 1 aromatic carbocycles. The summed E-state index contributed by atoms with van der Waals surface area (Å²) in [6.07, 6.45) is 3.88. The zero-order valence-electron chi connectivity index (χ0n) is 14.4. The second-order valence-electron chi connectivity index (χ2n) is 6.21. The zero-order chi connectivity index (χ0) is 17.8. The maximum absolute atomic E-state index is 12.1. The highest BCUT2D eigenvalue weighted by Gasteiger charge is 2.42. The summed E-state index contributed by atoms with van der Waals surface area (Å²) in [4.78, 5) is 12.1. The van der Waals surface area contributed by atoms with Crippen LogP contribution in [-0.4, -0.2) is 46.7 Å². The van der Waals surface area contributed by atoms with Crippen LogP contribution >= 0.6 is 0 Å². The first kappa shape index (κ1) is 17.3. The van der Waals surface area contributed by atoms with Crippen molar-refractivity contribution in [3.8, 4) is 11.5 Å². The van der Waals surface area contributed by atoms with E-state index in [1.807, 2.05) is 31.3 Å². The molecule has 7 nitrogen and oxygen atoms in total. The highest BCUT2D eigenvalue weighted by Crippen LogP contribution is 2.32. The average Bonchev–Trinajstić information content (AvgIpc) is 3.00. The third-order valence-electron chi connectivity index (χ3n) is 4.34. The van der Waals surface area contributed by atoms with E-state index in [9.17, 15) is 9.90 Å². The van der Waals surface area contributed by atoms with E-state index in [-0.39, 0.29) is 31.0 Å². The number of amides is 1. The van der Waals surface area contributed by atoms with Crippen LogP contribution in [0.1, 0.15) is 24.4 Å². The number of nitrogens with one attached hydrogen (secondary N) is 1. The van der Waals surface area contributed by atoms with Crippen molar-refractivity contribution >= 4 is 5.91 Å². The second kappa shape index (κ2) is 7.57. The number of hydrogen-bond acceptors (Lipinski definition) is 5. The molecule has 2 aromatic rings. The van der Waals surface area contributed by atoms with Crippen LogP contribution < -0.4 is 14.8 Å². The van der Waals surface area contributed by atoms with Gasteiger partial charge in [0.15, 0.2) is 11.5 Å². The van der Waals surface area contributed by atoms with E-state index in [1.165, 1.54) is 0 Å². The second-order valence-corrected chi connectivity index (χ2v) is 6.21. The van der Waals surface area contributed by atoms with Crippen LogP contribution in [0.4, 0.5) is 0 Å². The van der Waals surface area contributed by atoms with Gasteiger partial charge < -0.3 is 19.9 Å². The molecule has 1 aromatic heterocycles. The molecule has 3 atom stereocenters. The minimum Gasteiger partial charge on any atom is -0.493 e. The SMILES string of the molecule is COc1ccccc1OCCC(=O)N[C@H]1C[C@@H](O)[C@@H]1n1cc(C)cn1. The van der Waals surface area contributed by atoms with E-state index in [4.69, 9.17) is 9.47 Å². The molecule has 1 fully saturated rings. The largest absolute Gasteiger partial charge is 0.493 e. The van der Waals surface area contributed by atoms with Gasteiger partial charge in [0.05, 0.1) is 44.5 Å². The summed E-state index contributed by atoms with van der Waals surface area (Å²) in [6.45, 7) is 2.20. The maximum atomic E-state index is 12.1. The number of benzene rings is 1. The molecule has 1 heterocycles. The lowest BCUT2D eigenvalue weighted by Gasteiger charge is -2.41. The van der Waals surface area contributed by atoms with Gasteiger partial charge in [-0.25, -0.2) is 0 Å². The Bertz CT molecular complexity index is 731. The normalized spacial score (nSPS) is 22.1. The fourth-order valence-electron chi connectivity index (χ4n) is 2.98. The quantitative estimate of drug-likeness (QED) is 0.793. The minimum absolute atomic E-state index is 0.110. The van der Waals surface area contributed by atoms with E-state index in [2.05, 4.69) is 10.4 Å². The molecule has 2 N–H and O–H groups in total. The molecule has 1 aliphatic carbocycles. The van der Waals surface area contributed by atoms with Gasteiger partial charge in [0.2, 0.25) is 5.91 Å². The third kappa shape index (κ3) is 3.93. The summed E-state index contributed by atoms with van der Waals surface area (Å²) in [7, 11) is 1.58. The van der Waals surface area contributed by atoms with Crippen molar-refractivity contribution in [1.29, 1.82) is 0 Å². The van der Waals surface area contributed by atoms with Crippen molar-refractivity contribution in [2.24, 2.45) is 0 Å². The van der Waals surface area contributed by atoms with Gasteiger partial charge in [0, 0.05) is 6.20 Å². The molecule has 1 aliphatic rings. The Kier molecular flexibility index (Phi) is 5.23. The monoisotopic (exact) mass is 345 g/mol. The number of carbonyl (C=O) groups is 1. The number of nitrogens with zero attached hydrogens (tertiary/aromatic N) is 2. The topological polar surface area (TPSA) is 85.6 Å². The smallest absolute Gasteiger partial charge is 0.223 e. The van der Waals surface area contributed by atoms with Gasteiger partial charge in [-0.1, -0.05) is 12.1 Å². The summed E-state index contributed by atoms with van der Waals surface area (Å²) in [6, 6.07) is 6.99. The Morgan fingerprint density at radius 2 is 2.16 bits per heavy atom. The number of carbonyl (C=O) groups excluding carboxylic acids is 1. The third-order valence-corrected chi connectivity index (χ3v) is 4.34. The van der Waals surface area contributed by atoms with Crippen LogP contribution in [0.3, 0.4) is 0 Å². The molecule has 1 saturated carbocycles. The van der Waals surface area contributed by atoms with Gasteiger partial charge in [-0.05, 0) is 31.0 Å². The van der Waals surface area contributed by atoms with Crippen LogP contribution in [0, 0.1) is 6.92 Å². The zero-order valence-corrected chi connectivity index (χ0v) is 14.4. The first-order valence-corrected chi connectivity index (χ1v) is 8.32. The molecule has 3 rings (SSSR count). The van der Waals surface area contributed by atoms with Gasteiger partial charge in [0.1, 0.15) is 0 Å². The van der Waals surface area contributed by atoms with Gasteiger partial charge in [0.25, 0.3) is 0 Å². The predicted octanol–water partition coefficient (Wildman–Crippen LogP) is 1.46. The fraction of sp³-hybridized carbons (Fsp3) is 0.444. The predicted molar refractivity (Wildman–Crippen MR) is 91.7 cm³/mol. The molecule has 25 heavy (non-hydrogen) atoms. The molecule has 0 radical (unpaired) electrons. The Morgan fingerprint density at radius 3 is 2.80 bits per heavy atom. The van der Waals surface area contributed by atoms with Gasteiger partial charge >= 0.3 is 0 Å². The molecule has 7 heteroatoms. The van der Waals surface area contributed by atoms with Crippen molar-refractivity contribution in [1.82, 2.24) is 15.1 Å². The molecule has 0 spiro atoms. The number of aryl methyl sites for hydroxylation is 1. The standard InChI is InChI=1S/C18H23N3O4/c1-12-10-19-21(11-12)18-13(9-14(18)22)20-17(23)7-8-25-16-6-4-3-5-15(16)24-2/h3-6,10-11,13-14,18,22H,7-9H2,1-2H3,(H,20,23)/t13-,14+,18+/m0/s1. The highest BCUT2D eigenvalue weighted by atomic mass is 16.5. The average molecular weight is 345 g/mol. The summed E-state index contributed by atoms with van der Waals surface area (Å²) in [5.41, 5.74) is 1.02. The molecule has 0 unspecified atom stereocenters. The van der Waals surface area contributed by atoms with Gasteiger partial charge in [-0.15, -0.1) is 0 Å². The summed E-state index contributed by atoms with van der Waals surface area (Å²) in [5.74, 6) is 1.14. The van der Waals surface area contributed by atoms with Gasteiger partial charge in [-0.3, -0.25) is 9.48 Å². The molecule has 0 aliphatic heterocycles. The van der Waals surface area contributed by atoms with Crippen LogP contribution in [0.2, 0.25) is 0 Å². The number of aliphatic hydroxyl groups excluding tert-OH is 1. The first-order valence-electron chi connectivity index (χ1n) is 8.32. The molecular formula is C18H23N3O4. The van der Waals surface area contributed by atoms with Gasteiger partial charge in [-0.2, -0.15) is 5.10 Å². The van der Waals surface area contributed by atoms with E-state index in [1.54, 1.807) is 24.1 Å². The Balaban J connectivity index is 1.48. The van der Waals surface area contributed by atoms with Crippen LogP contribution in [0.5, 0.6) is 11.5 Å². The van der Waals surface area contributed by atoms with Crippen molar-refractivity contribution in [2.75, 3.05) is 13.7 Å². The Morgan fingerprint density at radius 1 is 1.40 bits per heavy atom. The van der Waals surface area contributed by atoms with Crippen LogP contribution in [-0.2, 0) is 4.79 Å². The number of methoxy groups -OCH3 is 1. The Hall–Kier alpha value is -2.54. The number of hydrogen-bond donors (Lipinski definition) is 2. The molecule has 0 bridgehead atoms. The maximum Gasteiger partial charge on any atom is 0.223 e. The molecule has 134 valence electrons. The van der Waals surface area contributed by atoms with E-state index in [0.717, 1.165) is 5.56 Å². The number of ether oxygens (including phenoxy) is 2. The number of para-hydroxylation sites is 2. The van der Waals surface area contributed by atoms with E-state index >= 15 is 0 Å². The molecule has 0 saturated heterocycles. The number of aliphatic hydroxyl groups is 1. The lowest BCUT2D eigenvalue weighted by molar-refractivity contribution is -0.125. The lowest BCUT2D eigenvalue weighted by Crippen LogP contribution is -2.56. The van der Waals surface area contributed by atoms with Crippen molar-refractivity contribution in [3.63, 3.8) is 0 Å². The van der Waals surface area contributed by atoms with Crippen molar-refractivity contribution in [3.05, 3.63) is 42.2 Å². The van der Waals surface area contributed by atoms with Crippen molar-refractivity contribution < 1.29 is 19.4 Å². The first-order chi connectivity index (χ1) is 12.1. The molecule has 1 amide bonds. The summed E-state index contributed by atoms with van der Waals surface area (Å²) < 4.78 is 12.5. The molecular weight excluding hydrogens is 322 g/mol. The van der Waals surface area contributed by atoms with E-state index < -0.39 is 6.10 Å². The minimum atomic E-state index is -0.491. The number of rotatable bonds is 7. The Labute approximate surface area is 146 Å². The van der Waals surface area contributed by atoms with Crippen LogP contribution in [0.15, 0.2) is 36.7 Å². The fourth-order valence-corrected chi connectivity index (χ4v) is 2.98. The summed E-state index contributed by atoms with van der Waals surface area (Å²) in [5, 5.41) is 17.2. The van der Waals surface area contributed by atoms with E-state index in [0.29, 0.717) is 17.9 Å². The lowest BCUT2D eigenvalue weighted by atomic mass is 9.83. The summed E-state index contributed by atoms with van der Waals surface area (Å²) >= 11 is 0.